The maximum Gasteiger partial charge on any atom is 0.338 e. The fraction of sp³-hybridized carbons (Fsp3) is 0.316. The fourth-order valence-electron chi connectivity index (χ4n) is 2.80. The molecule has 0 aliphatic carbocycles. The molecule has 0 saturated carbocycles. The molecule has 0 unspecified atom stereocenters. The highest BCUT2D eigenvalue weighted by molar-refractivity contribution is 6.39. The zero-order valence-electron chi connectivity index (χ0n) is 15.5. The molecule has 2 heterocycles. The van der Waals surface area contributed by atoms with E-state index in [0.717, 1.165) is 0 Å². The first-order valence-corrected chi connectivity index (χ1v) is 8.98. The maximum atomic E-state index is 12.4. The predicted molar refractivity (Wildman–Crippen MR) is 102 cm³/mol. The first-order chi connectivity index (χ1) is 13.6. The van der Waals surface area contributed by atoms with Crippen LogP contribution in [0.5, 0.6) is 0 Å². The quantitative estimate of drug-likeness (QED) is 0.619. The van der Waals surface area contributed by atoms with Crippen molar-refractivity contribution in [3.8, 4) is 0 Å². The van der Waals surface area contributed by atoms with Crippen molar-refractivity contribution in [1.82, 2.24) is 14.9 Å². The maximum absolute atomic E-state index is 12.4. The van der Waals surface area contributed by atoms with Gasteiger partial charge in [0.05, 0.1) is 12.2 Å². The lowest BCUT2D eigenvalue weighted by atomic mass is 10.2. The van der Waals surface area contributed by atoms with E-state index < -0.39 is 17.8 Å². The standard InChI is InChI=1S/C19H21N5O4/c1-2-28-18(27)14-4-6-15(7-5-14)22-16(25)17(26)23-10-12-24(13-11-23)19-20-8-3-9-21-19/h3-9H,2,10-13H2,1H3,(H,22,25). The second-order valence-electron chi connectivity index (χ2n) is 6.08. The minimum Gasteiger partial charge on any atom is -0.462 e. The summed E-state index contributed by atoms with van der Waals surface area (Å²) in [6, 6.07) is 7.94. The smallest absolute Gasteiger partial charge is 0.338 e. The number of hydrogen-bond donors (Lipinski definition) is 1. The lowest BCUT2D eigenvalue weighted by molar-refractivity contribution is -0.143. The number of anilines is 2. The predicted octanol–water partition coefficient (Wildman–Crippen LogP) is 0.941. The SMILES string of the molecule is CCOC(=O)c1ccc(NC(=O)C(=O)N2CCN(c3ncccn3)CC2)cc1. The lowest BCUT2D eigenvalue weighted by Crippen LogP contribution is -2.52. The lowest BCUT2D eigenvalue weighted by Gasteiger charge is -2.34. The number of hydrogen-bond acceptors (Lipinski definition) is 7. The Morgan fingerprint density at radius 1 is 1.04 bits per heavy atom. The van der Waals surface area contributed by atoms with Crippen molar-refractivity contribution in [2.45, 2.75) is 6.92 Å². The third-order valence-electron chi connectivity index (χ3n) is 4.25. The summed E-state index contributed by atoms with van der Waals surface area (Å²) in [5, 5.41) is 2.56. The van der Waals surface area contributed by atoms with Crippen molar-refractivity contribution in [3.63, 3.8) is 0 Å². The van der Waals surface area contributed by atoms with Gasteiger partial charge in [0, 0.05) is 44.3 Å². The summed E-state index contributed by atoms with van der Waals surface area (Å²) in [4.78, 5) is 48.1. The number of ether oxygens (including phenoxy) is 1. The number of amides is 2. The molecule has 146 valence electrons. The largest absolute Gasteiger partial charge is 0.462 e. The molecule has 0 bridgehead atoms. The summed E-state index contributed by atoms with van der Waals surface area (Å²) in [6.45, 7) is 3.94. The number of aromatic nitrogens is 2. The van der Waals surface area contributed by atoms with Crippen LogP contribution in [0.2, 0.25) is 0 Å². The van der Waals surface area contributed by atoms with Gasteiger partial charge in [0.2, 0.25) is 5.95 Å². The number of esters is 1. The highest BCUT2D eigenvalue weighted by Crippen LogP contribution is 2.13. The molecule has 1 fully saturated rings. The third-order valence-corrected chi connectivity index (χ3v) is 4.25. The van der Waals surface area contributed by atoms with Gasteiger partial charge in [0.1, 0.15) is 0 Å². The molecule has 1 aliphatic heterocycles. The average molecular weight is 383 g/mol. The van der Waals surface area contributed by atoms with Gasteiger partial charge in [-0.1, -0.05) is 0 Å². The summed E-state index contributed by atoms with van der Waals surface area (Å²) < 4.78 is 4.91. The molecule has 1 aromatic heterocycles. The van der Waals surface area contributed by atoms with Gasteiger partial charge < -0.3 is 19.9 Å². The zero-order chi connectivity index (χ0) is 19.9. The minimum absolute atomic E-state index is 0.287. The van der Waals surface area contributed by atoms with Gasteiger partial charge in [-0.15, -0.1) is 0 Å². The topological polar surface area (TPSA) is 105 Å². The summed E-state index contributed by atoms with van der Waals surface area (Å²) >= 11 is 0. The van der Waals surface area contributed by atoms with Crippen molar-refractivity contribution < 1.29 is 19.1 Å². The number of rotatable bonds is 4. The van der Waals surface area contributed by atoms with Crippen molar-refractivity contribution in [3.05, 3.63) is 48.3 Å². The molecule has 1 saturated heterocycles. The molecule has 28 heavy (non-hydrogen) atoms. The van der Waals surface area contributed by atoms with Crippen molar-refractivity contribution in [1.29, 1.82) is 0 Å². The average Bonchev–Trinajstić information content (AvgIpc) is 2.74. The van der Waals surface area contributed by atoms with E-state index in [1.807, 2.05) is 4.90 Å². The Kier molecular flexibility index (Phi) is 6.15. The van der Waals surface area contributed by atoms with Crippen molar-refractivity contribution in [2.75, 3.05) is 43.0 Å². The van der Waals surface area contributed by atoms with E-state index in [1.165, 1.54) is 17.0 Å². The monoisotopic (exact) mass is 383 g/mol. The third kappa shape index (κ3) is 4.61. The molecule has 0 atom stereocenters. The molecule has 0 spiro atoms. The van der Waals surface area contributed by atoms with Crippen molar-refractivity contribution in [2.24, 2.45) is 0 Å². The van der Waals surface area contributed by atoms with Crippen molar-refractivity contribution >= 4 is 29.4 Å². The zero-order valence-corrected chi connectivity index (χ0v) is 15.5. The Balaban J connectivity index is 1.52. The van der Waals surface area contributed by atoms with E-state index in [-0.39, 0.29) is 6.61 Å². The Bertz CT molecular complexity index is 833. The molecule has 2 aromatic rings. The summed E-state index contributed by atoms with van der Waals surface area (Å²) in [5.41, 5.74) is 0.813. The second-order valence-corrected chi connectivity index (χ2v) is 6.08. The summed E-state index contributed by atoms with van der Waals surface area (Å²) in [5.74, 6) is -1.13. The highest BCUT2D eigenvalue weighted by Gasteiger charge is 2.27. The fourth-order valence-corrected chi connectivity index (χ4v) is 2.80. The van der Waals surface area contributed by atoms with E-state index in [0.29, 0.717) is 43.4 Å². The second kappa shape index (κ2) is 8.94. The number of carbonyl (C=O) groups is 3. The summed E-state index contributed by atoms with van der Waals surface area (Å²) in [6.07, 6.45) is 3.33. The van der Waals surface area contributed by atoms with E-state index in [2.05, 4.69) is 15.3 Å². The molecule has 9 nitrogen and oxygen atoms in total. The number of nitrogens with zero attached hydrogens (tertiary/aromatic N) is 4. The van der Waals surface area contributed by atoms with Gasteiger partial charge in [-0.2, -0.15) is 0 Å². The number of piperazine rings is 1. The van der Waals surface area contributed by atoms with Crippen LogP contribution in [0.1, 0.15) is 17.3 Å². The Hall–Kier alpha value is -3.49. The normalized spacial score (nSPS) is 13.8. The van der Waals surface area contributed by atoms with Crippen LogP contribution in [0.3, 0.4) is 0 Å². The van der Waals surface area contributed by atoms with E-state index in [9.17, 15) is 14.4 Å². The highest BCUT2D eigenvalue weighted by atomic mass is 16.5. The molecular formula is C19H21N5O4. The van der Waals surface area contributed by atoms with Gasteiger partial charge in [-0.3, -0.25) is 9.59 Å². The Morgan fingerprint density at radius 3 is 2.29 bits per heavy atom. The van der Waals surface area contributed by atoms with E-state index >= 15 is 0 Å². The molecule has 0 radical (unpaired) electrons. The van der Waals surface area contributed by atoms with Crippen LogP contribution in [0.15, 0.2) is 42.7 Å². The number of carbonyl (C=O) groups excluding carboxylic acids is 3. The first kappa shape index (κ1) is 19.3. The number of nitrogens with one attached hydrogen (secondary N) is 1. The van der Waals surface area contributed by atoms with Crippen LogP contribution in [-0.4, -0.2) is 65.4 Å². The van der Waals surface area contributed by atoms with E-state index in [4.69, 9.17) is 4.74 Å². The molecule has 3 rings (SSSR count). The molecule has 1 N–H and O–H groups in total. The Labute approximate surface area is 162 Å². The minimum atomic E-state index is -0.715. The number of benzene rings is 1. The van der Waals surface area contributed by atoms with Crippen LogP contribution in [-0.2, 0) is 14.3 Å². The van der Waals surface area contributed by atoms with Gasteiger partial charge in [-0.25, -0.2) is 14.8 Å². The molecule has 1 aromatic carbocycles. The van der Waals surface area contributed by atoms with Crippen LogP contribution < -0.4 is 10.2 Å². The molecule has 9 heteroatoms. The summed E-state index contributed by atoms with van der Waals surface area (Å²) in [7, 11) is 0. The molecule has 2 amide bonds. The van der Waals surface area contributed by atoms with Crippen LogP contribution in [0, 0.1) is 0 Å². The van der Waals surface area contributed by atoms with Crippen LogP contribution in [0.25, 0.3) is 0 Å². The first-order valence-electron chi connectivity index (χ1n) is 8.98. The van der Waals surface area contributed by atoms with Gasteiger partial charge >= 0.3 is 17.8 Å². The van der Waals surface area contributed by atoms with Crippen LogP contribution in [0.4, 0.5) is 11.6 Å². The van der Waals surface area contributed by atoms with Gasteiger partial charge in [0.25, 0.3) is 0 Å². The molecular weight excluding hydrogens is 362 g/mol. The Morgan fingerprint density at radius 2 is 1.68 bits per heavy atom. The van der Waals surface area contributed by atoms with Crippen LogP contribution >= 0.6 is 0 Å². The molecule has 1 aliphatic rings. The van der Waals surface area contributed by atoms with Gasteiger partial charge in [0.15, 0.2) is 0 Å². The van der Waals surface area contributed by atoms with E-state index in [1.54, 1.807) is 37.5 Å². The van der Waals surface area contributed by atoms with Gasteiger partial charge in [-0.05, 0) is 37.3 Å².